The fraction of sp³-hybridized carbons (Fsp3) is 0.160. The Morgan fingerprint density at radius 2 is 1.64 bits per heavy atom. The first-order chi connectivity index (χ1) is 16.1. The molecule has 33 heavy (non-hydrogen) atoms. The van der Waals surface area contributed by atoms with Gasteiger partial charge in [0.2, 0.25) is 5.13 Å². The van der Waals surface area contributed by atoms with Gasteiger partial charge in [-0.05, 0) is 86.1 Å². The average molecular weight is 464 g/mol. The van der Waals surface area contributed by atoms with Crippen molar-refractivity contribution in [1.82, 2.24) is 4.98 Å². The number of hydrogen-bond donors (Lipinski definition) is 0. The van der Waals surface area contributed by atoms with Gasteiger partial charge in [0.05, 0.1) is 29.6 Å². The second kappa shape index (κ2) is 10.2. The first kappa shape index (κ1) is 22.4. The highest BCUT2D eigenvalue weighted by molar-refractivity contribution is 7.22. The van der Waals surface area contributed by atoms with Crippen LogP contribution in [0.2, 0.25) is 0 Å². The molecule has 0 bridgehead atoms. The lowest BCUT2D eigenvalue weighted by Gasteiger charge is -2.14. The molecule has 0 fully saturated rings. The Balaban J connectivity index is 1.68. The van der Waals surface area contributed by atoms with Crippen molar-refractivity contribution in [3.05, 3.63) is 83.7 Å². The summed E-state index contributed by atoms with van der Waals surface area (Å²) in [5.41, 5.74) is 1.81. The molecule has 0 aliphatic heterocycles. The molecule has 0 unspecified atom stereocenters. The van der Waals surface area contributed by atoms with Crippen LogP contribution in [0.4, 0.5) is 9.52 Å². The topological polar surface area (TPSA) is 64.0 Å². The van der Waals surface area contributed by atoms with Crippen LogP contribution in [0.15, 0.2) is 71.8 Å². The molecule has 0 saturated carbocycles. The number of fused-ring (bicyclic) bond motifs is 1. The molecule has 0 radical (unpaired) electrons. The van der Waals surface area contributed by atoms with E-state index < -0.39 is 0 Å². The van der Waals surface area contributed by atoms with Gasteiger partial charge in [0, 0.05) is 5.56 Å². The molecule has 3 aromatic carbocycles. The Labute approximate surface area is 194 Å². The van der Waals surface area contributed by atoms with Gasteiger partial charge in [0.15, 0.2) is 0 Å². The van der Waals surface area contributed by atoms with E-state index in [1.165, 1.54) is 28.5 Å². The summed E-state index contributed by atoms with van der Waals surface area (Å²) in [6.07, 6.45) is 1.58. The molecule has 1 amide bonds. The van der Waals surface area contributed by atoms with Gasteiger partial charge in [0.25, 0.3) is 5.91 Å². The number of halogens is 1. The van der Waals surface area contributed by atoms with Crippen molar-refractivity contribution < 1.29 is 18.7 Å². The minimum atomic E-state index is -0.361. The van der Waals surface area contributed by atoms with Crippen LogP contribution in [0.5, 0.6) is 11.5 Å². The van der Waals surface area contributed by atoms with Gasteiger partial charge in [-0.1, -0.05) is 11.3 Å². The first-order valence-corrected chi connectivity index (χ1v) is 11.3. The quantitative estimate of drug-likeness (QED) is 0.241. The maximum Gasteiger partial charge on any atom is 0.280 e. The van der Waals surface area contributed by atoms with Crippen LogP contribution < -0.4 is 14.5 Å². The summed E-state index contributed by atoms with van der Waals surface area (Å²) in [5.74, 6) is 0.707. The number of carbonyl (C=O) groups is 1. The molecular formula is C25H22FN3O3S. The van der Waals surface area contributed by atoms with Gasteiger partial charge < -0.3 is 9.47 Å². The summed E-state index contributed by atoms with van der Waals surface area (Å²) in [7, 11) is 0. The number of rotatable bonds is 8. The fourth-order valence-electron chi connectivity index (χ4n) is 3.09. The molecule has 8 heteroatoms. The highest BCUT2D eigenvalue weighted by Gasteiger charge is 2.21. The van der Waals surface area contributed by atoms with Gasteiger partial charge in [-0.3, -0.25) is 4.79 Å². The molecule has 0 atom stereocenters. The van der Waals surface area contributed by atoms with Gasteiger partial charge in [-0.2, -0.15) is 10.1 Å². The van der Waals surface area contributed by atoms with Crippen LogP contribution >= 0.6 is 11.3 Å². The lowest BCUT2D eigenvalue weighted by Crippen LogP contribution is -2.25. The van der Waals surface area contributed by atoms with E-state index in [1.54, 1.807) is 36.5 Å². The SMILES string of the molecule is CCOc1ccc(/C=N/N(C(=O)c2ccc(OCC)cc2)c2nc3ccc(F)cc3s2)cc1. The number of benzene rings is 3. The van der Waals surface area contributed by atoms with Crippen molar-refractivity contribution in [2.45, 2.75) is 13.8 Å². The number of thiazole rings is 1. The number of hydrogen-bond acceptors (Lipinski definition) is 6. The number of anilines is 1. The van der Waals surface area contributed by atoms with Gasteiger partial charge in [-0.15, -0.1) is 0 Å². The van der Waals surface area contributed by atoms with Crippen LogP contribution in [0.1, 0.15) is 29.8 Å². The Hall–Kier alpha value is -3.78. The summed E-state index contributed by atoms with van der Waals surface area (Å²) in [6.45, 7) is 4.93. The molecule has 0 N–H and O–H groups in total. The third-order valence-electron chi connectivity index (χ3n) is 4.64. The normalized spacial score (nSPS) is 11.1. The van der Waals surface area contributed by atoms with Gasteiger partial charge in [-0.25, -0.2) is 9.37 Å². The highest BCUT2D eigenvalue weighted by atomic mass is 32.1. The first-order valence-electron chi connectivity index (χ1n) is 10.5. The molecule has 0 aliphatic rings. The number of hydrazone groups is 1. The Morgan fingerprint density at radius 3 is 2.27 bits per heavy atom. The third-order valence-corrected chi connectivity index (χ3v) is 5.63. The lowest BCUT2D eigenvalue weighted by atomic mass is 10.2. The molecule has 4 aromatic rings. The second-order valence-electron chi connectivity index (χ2n) is 6.93. The highest BCUT2D eigenvalue weighted by Crippen LogP contribution is 2.31. The number of carbonyl (C=O) groups excluding carboxylic acids is 1. The molecular weight excluding hydrogens is 441 g/mol. The number of aromatic nitrogens is 1. The summed E-state index contributed by atoms with van der Waals surface area (Å²) in [5, 5.41) is 6.01. The summed E-state index contributed by atoms with van der Waals surface area (Å²) in [6, 6.07) is 18.5. The smallest absolute Gasteiger partial charge is 0.280 e. The van der Waals surface area contributed by atoms with Crippen molar-refractivity contribution >= 4 is 38.8 Å². The zero-order valence-electron chi connectivity index (χ0n) is 18.2. The summed E-state index contributed by atoms with van der Waals surface area (Å²) in [4.78, 5) is 17.9. The van der Waals surface area contributed by atoms with E-state index in [-0.39, 0.29) is 11.7 Å². The van der Waals surface area contributed by atoms with Crippen molar-refractivity contribution in [2.75, 3.05) is 18.2 Å². The molecule has 6 nitrogen and oxygen atoms in total. The third kappa shape index (κ3) is 5.35. The van der Waals surface area contributed by atoms with Crippen LogP contribution in [0, 0.1) is 5.82 Å². The van der Waals surface area contributed by atoms with Crippen molar-refractivity contribution in [3.8, 4) is 11.5 Å². The standard InChI is InChI=1S/C25H22FN3O3S/c1-3-31-20-10-5-17(6-11-20)16-27-29(24(30)18-7-12-21(13-8-18)32-4-2)25-28-22-14-9-19(26)15-23(22)33-25/h5-16H,3-4H2,1-2H3/b27-16+. The van der Waals surface area contributed by atoms with E-state index in [9.17, 15) is 9.18 Å². The fourth-order valence-corrected chi connectivity index (χ4v) is 4.04. The molecule has 1 heterocycles. The Bertz CT molecular complexity index is 1270. The predicted octanol–water partition coefficient (Wildman–Crippen LogP) is 5.91. The molecule has 0 spiro atoms. The molecule has 0 aliphatic carbocycles. The van der Waals surface area contributed by atoms with Gasteiger partial charge >= 0.3 is 0 Å². The number of ether oxygens (including phenoxy) is 2. The maximum absolute atomic E-state index is 13.7. The van der Waals surface area contributed by atoms with Crippen LogP contribution in [-0.2, 0) is 0 Å². The minimum absolute atomic E-state index is 0.344. The van der Waals surface area contributed by atoms with E-state index in [4.69, 9.17) is 9.47 Å². The van der Waals surface area contributed by atoms with E-state index in [0.29, 0.717) is 39.9 Å². The van der Waals surface area contributed by atoms with E-state index in [0.717, 1.165) is 11.3 Å². The Morgan fingerprint density at radius 1 is 1.00 bits per heavy atom. The summed E-state index contributed by atoms with van der Waals surface area (Å²) >= 11 is 1.19. The van der Waals surface area contributed by atoms with Crippen molar-refractivity contribution in [2.24, 2.45) is 5.10 Å². The molecule has 0 saturated heterocycles. The van der Waals surface area contributed by atoms with E-state index >= 15 is 0 Å². The van der Waals surface area contributed by atoms with Crippen LogP contribution in [-0.4, -0.2) is 30.3 Å². The molecule has 4 rings (SSSR count). The number of amides is 1. The maximum atomic E-state index is 13.7. The summed E-state index contributed by atoms with van der Waals surface area (Å²) < 4.78 is 25.2. The van der Waals surface area contributed by atoms with Crippen LogP contribution in [0.3, 0.4) is 0 Å². The predicted molar refractivity (Wildman–Crippen MR) is 129 cm³/mol. The minimum Gasteiger partial charge on any atom is -0.494 e. The van der Waals surface area contributed by atoms with Crippen molar-refractivity contribution in [3.63, 3.8) is 0 Å². The molecule has 168 valence electrons. The Kier molecular flexibility index (Phi) is 6.95. The monoisotopic (exact) mass is 463 g/mol. The zero-order chi connectivity index (χ0) is 23.2. The van der Waals surface area contributed by atoms with E-state index in [1.807, 2.05) is 38.1 Å². The average Bonchev–Trinajstić information content (AvgIpc) is 3.24. The van der Waals surface area contributed by atoms with E-state index in [2.05, 4.69) is 10.1 Å². The lowest BCUT2D eigenvalue weighted by molar-refractivity contribution is 0.0988. The number of nitrogens with zero attached hydrogens (tertiary/aromatic N) is 3. The van der Waals surface area contributed by atoms with Crippen molar-refractivity contribution in [1.29, 1.82) is 0 Å². The van der Waals surface area contributed by atoms with Crippen LogP contribution in [0.25, 0.3) is 10.2 Å². The zero-order valence-corrected chi connectivity index (χ0v) is 19.0. The second-order valence-corrected chi connectivity index (χ2v) is 7.94. The largest absolute Gasteiger partial charge is 0.494 e. The molecule has 1 aromatic heterocycles. The van der Waals surface area contributed by atoms with Gasteiger partial charge in [0.1, 0.15) is 17.3 Å².